The molecule has 0 bridgehead atoms. The van der Waals surface area contributed by atoms with Crippen molar-refractivity contribution in [1.29, 1.82) is 0 Å². The van der Waals surface area contributed by atoms with Gasteiger partial charge < -0.3 is 0 Å². The van der Waals surface area contributed by atoms with Gasteiger partial charge in [-0.3, -0.25) is 0 Å². The number of hydrogen-bond acceptors (Lipinski definition) is 2. The van der Waals surface area contributed by atoms with Crippen LogP contribution in [0.3, 0.4) is 0 Å². The van der Waals surface area contributed by atoms with E-state index in [-0.39, 0.29) is 16.7 Å². The molecule has 0 saturated carbocycles. The molecule has 0 aliphatic heterocycles. The van der Waals surface area contributed by atoms with Crippen LogP contribution in [0.25, 0.3) is 10.9 Å². The first-order valence-corrected chi connectivity index (χ1v) is 5.72. The number of para-hydroxylation sites is 1. The molecule has 1 aromatic heterocycles. The van der Waals surface area contributed by atoms with Crippen LogP contribution in [-0.4, -0.2) is 9.97 Å². The van der Waals surface area contributed by atoms with Crippen LogP contribution < -0.4 is 0 Å². The van der Waals surface area contributed by atoms with Gasteiger partial charge in [-0.2, -0.15) is 13.2 Å². The molecule has 2 nitrogen and oxygen atoms in total. The minimum absolute atomic E-state index is 0.0310. The first-order valence-electron chi connectivity index (χ1n) is 5.34. The number of benzene rings is 1. The summed E-state index contributed by atoms with van der Waals surface area (Å²) >= 11 is 5.70. The number of nitrogens with zero attached hydrogens (tertiary/aromatic N) is 2. The fraction of sp³-hybridized carbons (Fsp3) is 0.333. The molecular formula is C12H10ClF3N2. The lowest BCUT2D eigenvalue weighted by molar-refractivity contribution is -0.136. The molecular weight excluding hydrogens is 265 g/mol. The average molecular weight is 275 g/mol. The third-order valence-corrected chi connectivity index (χ3v) is 2.75. The lowest BCUT2D eigenvalue weighted by Crippen LogP contribution is -2.08. The third-order valence-electron chi connectivity index (χ3n) is 2.58. The first kappa shape index (κ1) is 13.1. The van der Waals surface area contributed by atoms with Crippen LogP contribution in [0.15, 0.2) is 18.2 Å². The third kappa shape index (κ3) is 2.27. The topological polar surface area (TPSA) is 25.8 Å². The van der Waals surface area contributed by atoms with E-state index in [2.05, 4.69) is 9.97 Å². The van der Waals surface area contributed by atoms with Gasteiger partial charge in [-0.05, 0) is 23.6 Å². The highest BCUT2D eigenvalue weighted by atomic mass is 35.5. The summed E-state index contributed by atoms with van der Waals surface area (Å²) in [6.45, 7) is 3.69. The van der Waals surface area contributed by atoms with Gasteiger partial charge in [0, 0.05) is 5.39 Å². The summed E-state index contributed by atoms with van der Waals surface area (Å²) in [5.41, 5.74) is -0.406. The Morgan fingerprint density at radius 1 is 1.17 bits per heavy atom. The minimum Gasteiger partial charge on any atom is -0.222 e. The Labute approximate surface area is 107 Å². The maximum atomic E-state index is 12.9. The number of hydrogen-bond donors (Lipinski definition) is 0. The zero-order chi connectivity index (χ0) is 13.5. The highest BCUT2D eigenvalue weighted by molar-refractivity contribution is 6.28. The standard InChI is InChI=1S/C12H10ClF3N2/c1-6(2)9-7-4-3-5-8(12(14,15)16)10(7)18-11(13)17-9/h3-6H,1-2H3. The second kappa shape index (κ2) is 4.39. The van der Waals surface area contributed by atoms with E-state index < -0.39 is 11.7 Å². The van der Waals surface area contributed by atoms with Crippen molar-refractivity contribution >= 4 is 22.5 Å². The average Bonchev–Trinajstić information content (AvgIpc) is 2.25. The highest BCUT2D eigenvalue weighted by Crippen LogP contribution is 2.35. The molecule has 1 heterocycles. The molecule has 18 heavy (non-hydrogen) atoms. The maximum Gasteiger partial charge on any atom is 0.418 e. The minimum atomic E-state index is -4.45. The van der Waals surface area contributed by atoms with Crippen LogP contribution in [0.5, 0.6) is 0 Å². The van der Waals surface area contributed by atoms with Crippen molar-refractivity contribution in [3.8, 4) is 0 Å². The van der Waals surface area contributed by atoms with Crippen LogP contribution in [-0.2, 0) is 6.18 Å². The van der Waals surface area contributed by atoms with Gasteiger partial charge in [0.1, 0.15) is 0 Å². The Kier molecular flexibility index (Phi) is 3.19. The van der Waals surface area contributed by atoms with Gasteiger partial charge >= 0.3 is 6.18 Å². The Hall–Kier alpha value is -1.36. The summed E-state index contributed by atoms with van der Waals surface area (Å²) in [6, 6.07) is 3.93. The highest BCUT2D eigenvalue weighted by Gasteiger charge is 2.33. The van der Waals surface area contributed by atoms with E-state index in [9.17, 15) is 13.2 Å². The predicted octanol–water partition coefficient (Wildman–Crippen LogP) is 4.43. The zero-order valence-electron chi connectivity index (χ0n) is 9.72. The lowest BCUT2D eigenvalue weighted by Gasteiger charge is -2.13. The van der Waals surface area contributed by atoms with Crippen molar-refractivity contribution in [2.75, 3.05) is 0 Å². The molecule has 0 aliphatic carbocycles. The number of halogens is 4. The predicted molar refractivity (Wildman–Crippen MR) is 63.6 cm³/mol. The quantitative estimate of drug-likeness (QED) is 0.719. The molecule has 0 aliphatic rings. The summed E-state index contributed by atoms with van der Waals surface area (Å²) in [4.78, 5) is 7.73. The van der Waals surface area contributed by atoms with Crippen molar-refractivity contribution in [1.82, 2.24) is 9.97 Å². The molecule has 0 spiro atoms. The van der Waals surface area contributed by atoms with Gasteiger partial charge in [-0.1, -0.05) is 26.0 Å². The Bertz CT molecular complexity index is 594. The fourth-order valence-electron chi connectivity index (χ4n) is 1.82. The van der Waals surface area contributed by atoms with Crippen molar-refractivity contribution < 1.29 is 13.2 Å². The smallest absolute Gasteiger partial charge is 0.222 e. The molecule has 0 N–H and O–H groups in total. The molecule has 0 atom stereocenters. The van der Waals surface area contributed by atoms with Crippen LogP contribution >= 0.6 is 11.6 Å². The van der Waals surface area contributed by atoms with E-state index in [1.807, 2.05) is 13.8 Å². The number of alkyl halides is 3. The van der Waals surface area contributed by atoms with Crippen molar-refractivity contribution in [3.05, 3.63) is 34.7 Å². The summed E-state index contributed by atoms with van der Waals surface area (Å²) < 4.78 is 38.6. The molecule has 0 saturated heterocycles. The van der Waals surface area contributed by atoms with Crippen LogP contribution in [0.1, 0.15) is 31.0 Å². The van der Waals surface area contributed by atoms with E-state index in [1.165, 1.54) is 6.07 Å². The number of fused-ring (bicyclic) bond motifs is 1. The molecule has 0 unspecified atom stereocenters. The van der Waals surface area contributed by atoms with Crippen LogP contribution in [0.2, 0.25) is 5.28 Å². The van der Waals surface area contributed by atoms with Gasteiger partial charge in [-0.15, -0.1) is 0 Å². The van der Waals surface area contributed by atoms with Crippen molar-refractivity contribution in [2.24, 2.45) is 0 Å². The van der Waals surface area contributed by atoms with E-state index in [4.69, 9.17) is 11.6 Å². The van der Waals surface area contributed by atoms with Gasteiger partial charge in [0.15, 0.2) is 0 Å². The molecule has 1 aromatic carbocycles. The second-order valence-electron chi connectivity index (χ2n) is 4.23. The van der Waals surface area contributed by atoms with Gasteiger partial charge in [0.05, 0.1) is 16.8 Å². The molecule has 0 radical (unpaired) electrons. The fourth-order valence-corrected chi connectivity index (χ4v) is 1.99. The maximum absolute atomic E-state index is 12.9. The number of aromatic nitrogens is 2. The van der Waals surface area contributed by atoms with Crippen LogP contribution in [0.4, 0.5) is 13.2 Å². The molecule has 0 amide bonds. The normalized spacial score (nSPS) is 12.4. The summed E-state index contributed by atoms with van der Waals surface area (Å²) in [7, 11) is 0. The van der Waals surface area contributed by atoms with Crippen molar-refractivity contribution in [3.63, 3.8) is 0 Å². The molecule has 96 valence electrons. The molecule has 2 rings (SSSR count). The zero-order valence-corrected chi connectivity index (χ0v) is 10.5. The van der Waals surface area contributed by atoms with Gasteiger partial charge in [0.2, 0.25) is 5.28 Å². The molecule has 2 aromatic rings. The largest absolute Gasteiger partial charge is 0.418 e. The van der Waals surface area contributed by atoms with Crippen molar-refractivity contribution in [2.45, 2.75) is 25.9 Å². The van der Waals surface area contributed by atoms with E-state index in [1.54, 1.807) is 6.07 Å². The molecule has 0 fully saturated rings. The molecule has 6 heteroatoms. The van der Waals surface area contributed by atoms with Gasteiger partial charge in [0.25, 0.3) is 0 Å². The van der Waals surface area contributed by atoms with E-state index >= 15 is 0 Å². The first-order chi connectivity index (χ1) is 8.30. The summed E-state index contributed by atoms with van der Waals surface area (Å²) in [5.74, 6) is -0.0310. The summed E-state index contributed by atoms with van der Waals surface area (Å²) in [5, 5.41) is 0.229. The van der Waals surface area contributed by atoms with Crippen LogP contribution in [0, 0.1) is 0 Å². The Morgan fingerprint density at radius 2 is 1.83 bits per heavy atom. The van der Waals surface area contributed by atoms with E-state index in [0.29, 0.717) is 11.1 Å². The van der Waals surface area contributed by atoms with E-state index in [0.717, 1.165) is 6.07 Å². The SMILES string of the molecule is CC(C)c1nc(Cl)nc2c(C(F)(F)F)cccc12. The number of rotatable bonds is 1. The Morgan fingerprint density at radius 3 is 2.39 bits per heavy atom. The lowest BCUT2D eigenvalue weighted by atomic mass is 10.0. The van der Waals surface area contributed by atoms with Gasteiger partial charge in [-0.25, -0.2) is 9.97 Å². The monoisotopic (exact) mass is 274 g/mol. The summed E-state index contributed by atoms with van der Waals surface area (Å²) in [6.07, 6.45) is -4.45. The second-order valence-corrected chi connectivity index (χ2v) is 4.57. The Balaban J connectivity index is 2.86.